The van der Waals surface area contributed by atoms with E-state index < -0.39 is 11.2 Å². The second-order valence-corrected chi connectivity index (χ2v) is 8.18. The molecule has 0 aromatic carbocycles. The Morgan fingerprint density at radius 1 is 1.13 bits per heavy atom. The molecule has 2 bridgehead atoms. The van der Waals surface area contributed by atoms with Gasteiger partial charge >= 0.3 is 57.5 Å². The minimum Gasteiger partial charge on any atom is -0.850 e. The van der Waals surface area contributed by atoms with Crippen molar-refractivity contribution in [3.8, 4) is 6.07 Å². The number of amides is 1. The van der Waals surface area contributed by atoms with Crippen LogP contribution in [0.2, 0.25) is 0 Å². The number of carbonyl (C=O) groups is 1. The topological polar surface area (TPSA) is 76.4 Å². The van der Waals surface area contributed by atoms with Gasteiger partial charge in [-0.15, -0.1) is 5.60 Å². The summed E-state index contributed by atoms with van der Waals surface area (Å²) in [4.78, 5) is 14.0. The van der Waals surface area contributed by atoms with Gasteiger partial charge in [0.2, 0.25) is 0 Å². The van der Waals surface area contributed by atoms with Gasteiger partial charge < -0.3 is 14.7 Å². The molecule has 0 aromatic rings. The van der Waals surface area contributed by atoms with Crippen LogP contribution < -0.4 is 56.5 Å². The van der Waals surface area contributed by atoms with Gasteiger partial charge in [-0.2, -0.15) is 5.26 Å². The maximum Gasteiger partial charge on any atom is 1.00 e. The van der Waals surface area contributed by atoms with Gasteiger partial charge in [0.1, 0.15) is 5.60 Å². The number of carbonyl (C=O) groups excluding carboxylic acids is 1. The summed E-state index contributed by atoms with van der Waals surface area (Å²) in [6.07, 6.45) is 3.45. The minimum absolute atomic E-state index is 0. The first-order valence-corrected chi connectivity index (χ1v) is 8.02. The Hall–Kier alpha value is 0.356. The molecule has 5 nitrogen and oxygen atoms in total. The molecule has 2 saturated heterocycles. The normalized spacial score (nSPS) is 26.3. The number of nitriles is 1. The van der Waals surface area contributed by atoms with Crippen molar-refractivity contribution < 1.29 is 66.0 Å². The van der Waals surface area contributed by atoms with Crippen LogP contribution in [0, 0.1) is 17.2 Å². The van der Waals surface area contributed by atoms with E-state index in [0.717, 1.165) is 25.7 Å². The van der Waals surface area contributed by atoms with E-state index in [4.69, 9.17) is 10.00 Å². The van der Waals surface area contributed by atoms with E-state index in [0.29, 0.717) is 0 Å². The molecule has 0 N–H and O–H groups in total. The van der Waals surface area contributed by atoms with E-state index in [1.54, 1.807) is 20.8 Å². The third-order valence-electron chi connectivity index (χ3n) is 3.52. The molecule has 2 heterocycles. The number of ether oxygens (including phenoxy) is 1. The molecule has 6 heteroatoms. The van der Waals surface area contributed by atoms with Crippen LogP contribution in [0.25, 0.3) is 0 Å². The van der Waals surface area contributed by atoms with Gasteiger partial charge in [-0.25, -0.2) is 4.79 Å². The van der Waals surface area contributed by atoms with Gasteiger partial charge in [0.25, 0.3) is 0 Å². The number of fused-ring (bicyclic) bond motifs is 2. The van der Waals surface area contributed by atoms with Crippen LogP contribution in [0.3, 0.4) is 0 Å². The molecule has 0 aromatic heterocycles. The second-order valence-electron chi connectivity index (χ2n) is 8.18. The number of piperidine rings is 1. The molecule has 23 heavy (non-hydrogen) atoms. The Labute approximate surface area is 183 Å². The minimum atomic E-state index is -0.750. The van der Waals surface area contributed by atoms with Gasteiger partial charge in [0, 0.05) is 12.1 Å². The van der Waals surface area contributed by atoms with Gasteiger partial charge in [-0.05, 0) is 46.5 Å². The van der Waals surface area contributed by atoms with Crippen molar-refractivity contribution in [3.63, 3.8) is 0 Å². The molecule has 126 valence electrons. The summed E-state index contributed by atoms with van der Waals surface area (Å²) >= 11 is 0. The SMILES string of the molecule is CC(C)(C)OC(=O)N1[C@@H]2CC[C@H]1CC(C#N)C2.CC(C)(C)[O-].[K+]. The third-order valence-corrected chi connectivity index (χ3v) is 3.52. The average Bonchev–Trinajstić information content (AvgIpc) is 2.56. The van der Waals surface area contributed by atoms with Crippen molar-refractivity contribution >= 4 is 6.09 Å². The van der Waals surface area contributed by atoms with Gasteiger partial charge in [0.05, 0.1) is 12.0 Å². The molecule has 1 amide bonds. The van der Waals surface area contributed by atoms with Crippen molar-refractivity contribution in [2.24, 2.45) is 5.92 Å². The van der Waals surface area contributed by atoms with Crippen LogP contribution in [0.15, 0.2) is 0 Å². The van der Waals surface area contributed by atoms with E-state index in [2.05, 4.69) is 6.07 Å². The van der Waals surface area contributed by atoms with Gasteiger partial charge in [-0.1, -0.05) is 20.8 Å². The Balaban J connectivity index is 0.000000709. The molecule has 2 fully saturated rings. The third kappa shape index (κ3) is 8.85. The van der Waals surface area contributed by atoms with E-state index in [1.165, 1.54) is 0 Å². The molecule has 2 rings (SSSR count). The van der Waals surface area contributed by atoms with Crippen LogP contribution in [0.1, 0.15) is 67.2 Å². The van der Waals surface area contributed by atoms with Crippen LogP contribution in [-0.4, -0.2) is 34.3 Å². The predicted octanol–water partition coefficient (Wildman–Crippen LogP) is -0.163. The zero-order valence-corrected chi connectivity index (χ0v) is 18.8. The van der Waals surface area contributed by atoms with Crippen molar-refractivity contribution in [1.82, 2.24) is 4.90 Å². The molecule has 0 aliphatic carbocycles. The van der Waals surface area contributed by atoms with Crippen LogP contribution in [0.5, 0.6) is 0 Å². The Morgan fingerprint density at radius 3 is 1.83 bits per heavy atom. The molecule has 2 aliphatic rings. The summed E-state index contributed by atoms with van der Waals surface area (Å²) < 4.78 is 5.43. The van der Waals surface area contributed by atoms with E-state index in [9.17, 15) is 9.90 Å². The number of hydrogen-bond donors (Lipinski definition) is 0. The van der Waals surface area contributed by atoms with Crippen molar-refractivity contribution in [1.29, 1.82) is 5.26 Å². The number of nitrogens with zero attached hydrogens (tertiary/aromatic N) is 2. The molecule has 1 unspecified atom stereocenters. The maximum atomic E-state index is 12.1. The summed E-state index contributed by atoms with van der Waals surface area (Å²) in [6.45, 7) is 10.5. The monoisotopic (exact) mass is 348 g/mol. The average molecular weight is 349 g/mol. The summed E-state index contributed by atoms with van der Waals surface area (Å²) in [6, 6.07) is 2.77. The van der Waals surface area contributed by atoms with Crippen LogP contribution in [0.4, 0.5) is 4.79 Å². The summed E-state index contributed by atoms with van der Waals surface area (Å²) in [5.74, 6) is 0.117. The molecule has 0 spiro atoms. The first-order valence-electron chi connectivity index (χ1n) is 8.02. The zero-order valence-electron chi connectivity index (χ0n) is 15.7. The smallest absolute Gasteiger partial charge is 0.850 e. The molecule has 0 saturated carbocycles. The van der Waals surface area contributed by atoms with Crippen LogP contribution >= 0.6 is 0 Å². The second kappa shape index (κ2) is 9.16. The largest absolute Gasteiger partial charge is 1.00 e. The maximum absolute atomic E-state index is 12.1. The fraction of sp³-hybridized carbons (Fsp3) is 0.882. The first kappa shape index (κ1) is 23.4. The molecular weight excluding hydrogens is 319 g/mol. The molecular formula is C17H29KN2O3. The number of rotatable bonds is 0. The molecule has 0 radical (unpaired) electrons. The summed E-state index contributed by atoms with van der Waals surface area (Å²) in [5, 5.41) is 19.1. The van der Waals surface area contributed by atoms with E-state index >= 15 is 0 Å². The van der Waals surface area contributed by atoms with Crippen molar-refractivity contribution in [2.75, 3.05) is 0 Å². The summed E-state index contributed by atoms with van der Waals surface area (Å²) in [7, 11) is 0. The van der Waals surface area contributed by atoms with E-state index in [-0.39, 0.29) is 75.5 Å². The number of hydrogen-bond acceptors (Lipinski definition) is 4. The Kier molecular flexibility index (Phi) is 9.31. The molecule has 2 aliphatic heterocycles. The van der Waals surface area contributed by atoms with Gasteiger partial charge in [-0.3, -0.25) is 0 Å². The fourth-order valence-corrected chi connectivity index (χ4v) is 2.90. The van der Waals surface area contributed by atoms with Crippen molar-refractivity contribution in [2.45, 2.75) is 90.5 Å². The zero-order chi connectivity index (χ0) is 17.1. The predicted molar refractivity (Wildman–Crippen MR) is 83.0 cm³/mol. The van der Waals surface area contributed by atoms with Crippen LogP contribution in [-0.2, 0) is 4.74 Å². The molecule has 3 atom stereocenters. The van der Waals surface area contributed by atoms with E-state index in [1.807, 2.05) is 25.7 Å². The standard InChI is InChI=1S/C13H20N2O2.C4H9O.K/c1-13(2,3)17-12(16)15-10-4-5-11(15)7-9(6-10)8-14;1-4(2,3)5;/h9-11H,4-7H2,1-3H3;1-3H3;/q;-1;+1/t9?,10-,11+;;. The first-order chi connectivity index (χ1) is 9.90. The Morgan fingerprint density at radius 2 is 1.52 bits per heavy atom. The van der Waals surface area contributed by atoms with Crippen molar-refractivity contribution in [3.05, 3.63) is 0 Å². The quantitative estimate of drug-likeness (QED) is 0.570. The van der Waals surface area contributed by atoms with Gasteiger partial charge in [0.15, 0.2) is 0 Å². The summed E-state index contributed by atoms with van der Waals surface area (Å²) in [5.41, 5.74) is -1.19. The fourth-order valence-electron chi connectivity index (χ4n) is 2.90. The Bertz CT molecular complexity index is 415.